The van der Waals surface area contributed by atoms with Crippen LogP contribution in [0, 0.1) is 0 Å². The fraction of sp³-hybridized carbons (Fsp3) is 0.462. The molecule has 0 saturated heterocycles. The van der Waals surface area contributed by atoms with Crippen LogP contribution in [0.25, 0.3) is 0 Å². The largest absolute Gasteiger partial charge is 0.491 e. The van der Waals surface area contributed by atoms with Gasteiger partial charge < -0.3 is 14.7 Å². The minimum atomic E-state index is -0.484. The number of aliphatic hydroxyl groups excluding tert-OH is 1. The predicted octanol–water partition coefficient (Wildman–Crippen LogP) is 2.05. The van der Waals surface area contributed by atoms with Crippen LogP contribution in [0.15, 0.2) is 22.7 Å². The summed E-state index contributed by atoms with van der Waals surface area (Å²) in [5.41, 5.74) is 0.546. The number of hydrogen-bond acceptors (Lipinski definition) is 3. The van der Waals surface area contributed by atoms with E-state index in [1.807, 2.05) is 13.0 Å². The fourth-order valence-corrected chi connectivity index (χ4v) is 2.25. The van der Waals surface area contributed by atoms with Crippen molar-refractivity contribution < 1.29 is 14.6 Å². The molecule has 5 heteroatoms. The summed E-state index contributed by atoms with van der Waals surface area (Å²) in [5.74, 6) is 0.521. The number of ether oxygens (including phenoxy) is 1. The smallest absolute Gasteiger partial charge is 0.257 e. The van der Waals surface area contributed by atoms with Gasteiger partial charge in [0.1, 0.15) is 12.4 Å². The Kier molecular flexibility index (Phi) is 4.24. The molecule has 1 unspecified atom stereocenters. The molecule has 1 atom stereocenters. The number of benzene rings is 1. The van der Waals surface area contributed by atoms with Crippen molar-refractivity contribution in [1.82, 2.24) is 4.90 Å². The van der Waals surface area contributed by atoms with Crippen molar-refractivity contribution in [2.45, 2.75) is 19.4 Å². The maximum Gasteiger partial charge on any atom is 0.257 e. The van der Waals surface area contributed by atoms with Crippen molar-refractivity contribution in [3.63, 3.8) is 0 Å². The molecule has 1 N–H and O–H groups in total. The van der Waals surface area contributed by atoms with Crippen LogP contribution in [0.5, 0.6) is 5.75 Å². The zero-order valence-corrected chi connectivity index (χ0v) is 11.8. The third kappa shape index (κ3) is 2.84. The molecular weight excluding hydrogens is 298 g/mol. The molecule has 1 amide bonds. The lowest BCUT2D eigenvalue weighted by atomic mass is 10.1. The molecule has 0 spiro atoms. The molecule has 0 bridgehead atoms. The van der Waals surface area contributed by atoms with Gasteiger partial charge in [0.15, 0.2) is 0 Å². The summed E-state index contributed by atoms with van der Waals surface area (Å²) < 4.78 is 6.40. The highest BCUT2D eigenvalue weighted by atomic mass is 79.9. The van der Waals surface area contributed by atoms with E-state index in [9.17, 15) is 9.90 Å². The Labute approximate surface area is 115 Å². The van der Waals surface area contributed by atoms with E-state index in [1.165, 1.54) is 0 Å². The van der Waals surface area contributed by atoms with Gasteiger partial charge in [0, 0.05) is 11.0 Å². The Morgan fingerprint density at radius 3 is 3.06 bits per heavy atom. The van der Waals surface area contributed by atoms with E-state index in [0.29, 0.717) is 37.4 Å². The van der Waals surface area contributed by atoms with Crippen LogP contribution in [0.1, 0.15) is 23.7 Å². The maximum absolute atomic E-state index is 12.4. The summed E-state index contributed by atoms with van der Waals surface area (Å²) in [7, 11) is 0. The lowest BCUT2D eigenvalue weighted by molar-refractivity contribution is 0.0612. The third-order valence-corrected chi connectivity index (χ3v) is 3.47. The van der Waals surface area contributed by atoms with Gasteiger partial charge in [-0.25, -0.2) is 0 Å². The quantitative estimate of drug-likeness (QED) is 0.929. The first-order valence-corrected chi connectivity index (χ1v) is 6.80. The summed E-state index contributed by atoms with van der Waals surface area (Å²) in [4.78, 5) is 14.0. The van der Waals surface area contributed by atoms with E-state index in [1.54, 1.807) is 17.0 Å². The van der Waals surface area contributed by atoms with Crippen LogP contribution in [0.3, 0.4) is 0 Å². The van der Waals surface area contributed by atoms with Crippen molar-refractivity contribution in [2.75, 3.05) is 19.7 Å². The summed E-state index contributed by atoms with van der Waals surface area (Å²) >= 11 is 3.35. The van der Waals surface area contributed by atoms with Crippen LogP contribution in [-0.2, 0) is 0 Å². The highest BCUT2D eigenvalue weighted by molar-refractivity contribution is 9.10. The van der Waals surface area contributed by atoms with Crippen LogP contribution in [0.4, 0.5) is 0 Å². The molecule has 4 nitrogen and oxygen atoms in total. The van der Waals surface area contributed by atoms with E-state index in [0.717, 1.165) is 4.47 Å². The van der Waals surface area contributed by atoms with E-state index < -0.39 is 6.10 Å². The zero-order valence-electron chi connectivity index (χ0n) is 10.2. The van der Waals surface area contributed by atoms with Crippen LogP contribution in [-0.4, -0.2) is 41.7 Å². The van der Waals surface area contributed by atoms with Crippen molar-refractivity contribution in [3.8, 4) is 5.75 Å². The number of fused-ring (bicyclic) bond motifs is 1. The highest BCUT2D eigenvalue weighted by Gasteiger charge is 2.24. The van der Waals surface area contributed by atoms with Crippen molar-refractivity contribution in [3.05, 3.63) is 28.2 Å². The first kappa shape index (κ1) is 13.4. The molecule has 2 rings (SSSR count). The molecule has 1 aromatic rings. The molecule has 0 saturated carbocycles. The Morgan fingerprint density at radius 2 is 2.33 bits per heavy atom. The Hall–Kier alpha value is -1.07. The first-order valence-electron chi connectivity index (χ1n) is 6.01. The monoisotopic (exact) mass is 313 g/mol. The number of nitrogens with zero attached hydrogens (tertiary/aromatic N) is 1. The minimum absolute atomic E-state index is 0.0868. The number of β-amino-alcohol motifs (C(OH)–C–C–N with tert-alkyl or cyclic N) is 1. The standard InChI is InChI=1S/C13H16BrNO3/c1-2-10(16)8-15-5-6-18-12-4-3-9(14)7-11(12)13(15)17/h3-4,7,10,16H,2,5-6,8H2,1H3. The minimum Gasteiger partial charge on any atom is -0.491 e. The average Bonchev–Trinajstić information content (AvgIpc) is 2.51. The van der Waals surface area contributed by atoms with Gasteiger partial charge in [0.2, 0.25) is 0 Å². The van der Waals surface area contributed by atoms with Gasteiger partial charge >= 0.3 is 0 Å². The Balaban J connectivity index is 2.25. The van der Waals surface area contributed by atoms with Crippen molar-refractivity contribution >= 4 is 21.8 Å². The lowest BCUT2D eigenvalue weighted by Crippen LogP contribution is -2.38. The molecule has 0 aromatic heterocycles. The second-order valence-corrected chi connectivity index (χ2v) is 5.22. The third-order valence-electron chi connectivity index (χ3n) is 2.98. The van der Waals surface area contributed by atoms with Gasteiger partial charge in [-0.15, -0.1) is 0 Å². The second-order valence-electron chi connectivity index (χ2n) is 4.30. The maximum atomic E-state index is 12.4. The lowest BCUT2D eigenvalue weighted by Gasteiger charge is -2.22. The topological polar surface area (TPSA) is 49.8 Å². The molecule has 1 aliphatic heterocycles. The molecule has 98 valence electrons. The average molecular weight is 314 g/mol. The van der Waals surface area contributed by atoms with Gasteiger partial charge in [0.05, 0.1) is 18.2 Å². The zero-order chi connectivity index (χ0) is 13.1. The SMILES string of the molecule is CCC(O)CN1CCOc2ccc(Br)cc2C1=O. The predicted molar refractivity (Wildman–Crippen MR) is 71.8 cm³/mol. The highest BCUT2D eigenvalue weighted by Crippen LogP contribution is 2.26. The van der Waals surface area contributed by atoms with Gasteiger partial charge in [-0.05, 0) is 24.6 Å². The number of carbonyl (C=O) groups excluding carboxylic acids is 1. The number of aliphatic hydroxyl groups is 1. The summed E-state index contributed by atoms with van der Waals surface area (Å²) in [6.45, 7) is 3.21. The summed E-state index contributed by atoms with van der Waals surface area (Å²) in [6.07, 6.45) is 0.151. The van der Waals surface area contributed by atoms with E-state index in [4.69, 9.17) is 4.74 Å². The Bertz CT molecular complexity index is 450. The van der Waals surface area contributed by atoms with Crippen LogP contribution < -0.4 is 4.74 Å². The molecule has 1 heterocycles. The molecule has 1 aliphatic rings. The summed E-state index contributed by atoms with van der Waals surface area (Å²) in [6, 6.07) is 5.40. The fourth-order valence-electron chi connectivity index (χ4n) is 1.89. The summed E-state index contributed by atoms with van der Waals surface area (Å²) in [5, 5.41) is 9.68. The molecule has 0 fully saturated rings. The van der Waals surface area contributed by atoms with Gasteiger partial charge in [0.25, 0.3) is 5.91 Å². The molecule has 1 aromatic carbocycles. The number of halogens is 1. The normalized spacial score (nSPS) is 16.8. The molecule has 0 aliphatic carbocycles. The second kappa shape index (κ2) is 5.71. The molecular formula is C13H16BrNO3. The number of amides is 1. The Morgan fingerprint density at radius 1 is 1.56 bits per heavy atom. The van der Waals surface area contributed by atoms with Crippen LogP contribution in [0.2, 0.25) is 0 Å². The first-order chi connectivity index (χ1) is 8.61. The van der Waals surface area contributed by atoms with E-state index in [-0.39, 0.29) is 5.91 Å². The van der Waals surface area contributed by atoms with Gasteiger partial charge in [-0.3, -0.25) is 4.79 Å². The molecule has 18 heavy (non-hydrogen) atoms. The molecule has 0 radical (unpaired) electrons. The van der Waals surface area contributed by atoms with E-state index >= 15 is 0 Å². The number of carbonyl (C=O) groups is 1. The van der Waals surface area contributed by atoms with Gasteiger partial charge in [-0.1, -0.05) is 22.9 Å². The van der Waals surface area contributed by atoms with Crippen molar-refractivity contribution in [1.29, 1.82) is 0 Å². The number of rotatable bonds is 3. The number of hydrogen-bond donors (Lipinski definition) is 1. The van der Waals surface area contributed by atoms with E-state index in [2.05, 4.69) is 15.9 Å². The van der Waals surface area contributed by atoms with Gasteiger partial charge in [-0.2, -0.15) is 0 Å². The van der Waals surface area contributed by atoms with Crippen molar-refractivity contribution in [2.24, 2.45) is 0 Å². The van der Waals surface area contributed by atoms with Crippen LogP contribution >= 0.6 is 15.9 Å².